The number of anilines is 2. The first-order chi connectivity index (χ1) is 17.8. The van der Waals surface area contributed by atoms with Crippen LogP contribution in [0.4, 0.5) is 15.8 Å². The number of carbonyl (C=O) groups is 3. The van der Waals surface area contributed by atoms with Crippen LogP contribution in [0.3, 0.4) is 0 Å². The minimum absolute atomic E-state index is 0.0455. The number of nitrogens with zero attached hydrogens (tertiary/aromatic N) is 1. The molecule has 4 rings (SSSR count). The van der Waals surface area contributed by atoms with Crippen molar-refractivity contribution in [2.45, 2.75) is 6.92 Å². The number of carbonyl (C=O) groups excluding carboxylic acids is 3. The molecule has 9 heteroatoms. The van der Waals surface area contributed by atoms with E-state index < -0.39 is 23.5 Å². The molecule has 0 unspecified atom stereocenters. The number of rotatable bonds is 7. The van der Waals surface area contributed by atoms with Gasteiger partial charge in [0.2, 0.25) is 5.78 Å². The lowest BCUT2D eigenvalue weighted by atomic mass is 10.1. The zero-order valence-corrected chi connectivity index (χ0v) is 20.7. The van der Waals surface area contributed by atoms with Gasteiger partial charge in [-0.25, -0.2) is 9.18 Å². The first kappa shape index (κ1) is 25.7. The summed E-state index contributed by atoms with van der Waals surface area (Å²) in [4.78, 5) is 39.3. The maximum absolute atomic E-state index is 13.2. The Hall–Kier alpha value is -4.43. The van der Waals surface area contributed by atoms with Gasteiger partial charge in [-0.15, -0.1) is 0 Å². The van der Waals surface area contributed by atoms with E-state index in [1.807, 2.05) is 0 Å². The zero-order valence-electron chi connectivity index (χ0n) is 20.0. The van der Waals surface area contributed by atoms with Gasteiger partial charge in [0.25, 0.3) is 5.91 Å². The Kier molecular flexibility index (Phi) is 7.69. The van der Waals surface area contributed by atoms with Crippen molar-refractivity contribution >= 4 is 46.7 Å². The van der Waals surface area contributed by atoms with Gasteiger partial charge in [0.1, 0.15) is 17.1 Å². The average molecular weight is 521 g/mol. The van der Waals surface area contributed by atoms with Crippen molar-refractivity contribution in [2.75, 3.05) is 23.9 Å². The Morgan fingerprint density at radius 1 is 1.00 bits per heavy atom. The number of halogens is 2. The number of ether oxygens (including phenoxy) is 2. The van der Waals surface area contributed by atoms with Crippen LogP contribution in [-0.2, 0) is 19.1 Å². The van der Waals surface area contributed by atoms with E-state index in [9.17, 15) is 18.8 Å². The molecule has 1 aliphatic rings. The standard InChI is InChI=1S/C28H22ClFN2O5/c1-17-26(28(35)36-2)27(34)24(32(17)22-11-5-19(29)6-12-22)15-18-3-13-23(14-4-18)37-16-25(33)31-21-9-7-20(30)8-10-21/h3-15H,16H2,1-2H3,(H,31,33)/b24-15-. The molecule has 1 aliphatic heterocycles. The summed E-state index contributed by atoms with van der Waals surface area (Å²) in [6.45, 7) is 1.43. The second-order valence-corrected chi connectivity index (χ2v) is 8.47. The molecule has 0 bridgehead atoms. The molecular weight excluding hydrogens is 499 g/mol. The predicted octanol–water partition coefficient (Wildman–Crippen LogP) is 5.37. The Balaban J connectivity index is 1.51. The van der Waals surface area contributed by atoms with Gasteiger partial charge in [0, 0.05) is 22.1 Å². The molecule has 37 heavy (non-hydrogen) atoms. The number of methoxy groups -OCH3 is 1. The molecule has 0 atom stereocenters. The normalized spacial score (nSPS) is 14.2. The number of nitrogens with one attached hydrogen (secondary N) is 1. The van der Waals surface area contributed by atoms with Crippen LogP contribution in [0.15, 0.2) is 89.8 Å². The van der Waals surface area contributed by atoms with Crippen LogP contribution in [0.2, 0.25) is 5.02 Å². The number of benzene rings is 3. The number of allylic oxidation sites excluding steroid dienone is 2. The first-order valence-corrected chi connectivity index (χ1v) is 11.5. The quantitative estimate of drug-likeness (QED) is 0.256. The van der Waals surface area contributed by atoms with Crippen molar-refractivity contribution in [1.29, 1.82) is 0 Å². The molecule has 0 saturated heterocycles. The van der Waals surface area contributed by atoms with Gasteiger partial charge in [0.05, 0.1) is 12.8 Å². The maximum atomic E-state index is 13.2. The average Bonchev–Trinajstić information content (AvgIpc) is 3.14. The largest absolute Gasteiger partial charge is 0.484 e. The molecule has 0 radical (unpaired) electrons. The highest BCUT2D eigenvalue weighted by molar-refractivity contribution is 6.31. The molecule has 1 heterocycles. The number of hydrogen-bond donors (Lipinski definition) is 1. The zero-order chi connectivity index (χ0) is 26.5. The molecule has 7 nitrogen and oxygen atoms in total. The van der Waals surface area contributed by atoms with Crippen LogP contribution in [0.1, 0.15) is 12.5 Å². The second kappa shape index (κ2) is 11.1. The Bertz CT molecular complexity index is 1400. The van der Waals surface area contributed by atoms with Gasteiger partial charge in [0.15, 0.2) is 6.61 Å². The molecule has 0 spiro atoms. The molecule has 188 valence electrons. The van der Waals surface area contributed by atoms with Gasteiger partial charge in [-0.3, -0.25) is 9.59 Å². The Morgan fingerprint density at radius 3 is 2.27 bits per heavy atom. The number of Topliss-reactive ketones (excluding diaryl/α,β-unsaturated/α-hetero) is 1. The van der Waals surface area contributed by atoms with Gasteiger partial charge < -0.3 is 19.7 Å². The molecule has 0 fully saturated rings. The van der Waals surface area contributed by atoms with Crippen molar-refractivity contribution in [1.82, 2.24) is 0 Å². The van der Waals surface area contributed by atoms with E-state index in [2.05, 4.69) is 5.32 Å². The highest BCUT2D eigenvalue weighted by Gasteiger charge is 2.38. The summed E-state index contributed by atoms with van der Waals surface area (Å²) in [6.07, 6.45) is 1.65. The summed E-state index contributed by atoms with van der Waals surface area (Å²) in [5.41, 5.74) is 2.46. The number of amides is 1. The Labute approximate surface area is 217 Å². The summed E-state index contributed by atoms with van der Waals surface area (Å²) in [6, 6.07) is 19.1. The van der Waals surface area contributed by atoms with E-state index in [-0.39, 0.29) is 17.9 Å². The van der Waals surface area contributed by atoms with E-state index in [0.717, 1.165) is 0 Å². The summed E-state index contributed by atoms with van der Waals surface area (Å²) in [7, 11) is 1.23. The number of esters is 1. The monoisotopic (exact) mass is 520 g/mol. The third-order valence-corrected chi connectivity index (χ3v) is 5.81. The lowest BCUT2D eigenvalue weighted by Crippen LogP contribution is -2.20. The molecule has 0 saturated carbocycles. The molecule has 1 amide bonds. The number of ketones is 1. The first-order valence-electron chi connectivity index (χ1n) is 11.2. The van der Waals surface area contributed by atoms with Crippen molar-refractivity contribution in [3.63, 3.8) is 0 Å². The lowest BCUT2D eigenvalue weighted by Gasteiger charge is -2.21. The van der Waals surface area contributed by atoms with Crippen LogP contribution in [0.5, 0.6) is 5.75 Å². The highest BCUT2D eigenvalue weighted by Crippen LogP contribution is 2.36. The predicted molar refractivity (Wildman–Crippen MR) is 139 cm³/mol. The van der Waals surface area contributed by atoms with Crippen LogP contribution in [0.25, 0.3) is 6.08 Å². The fraction of sp³-hybridized carbons (Fsp3) is 0.107. The summed E-state index contributed by atoms with van der Waals surface area (Å²) >= 11 is 6.02. The van der Waals surface area contributed by atoms with E-state index in [1.54, 1.807) is 66.4 Å². The van der Waals surface area contributed by atoms with Gasteiger partial charge >= 0.3 is 5.97 Å². The van der Waals surface area contributed by atoms with E-state index in [0.29, 0.717) is 33.4 Å². The van der Waals surface area contributed by atoms with Gasteiger partial charge in [-0.2, -0.15) is 0 Å². The van der Waals surface area contributed by atoms with Gasteiger partial charge in [-0.05, 0) is 79.2 Å². The fourth-order valence-electron chi connectivity index (χ4n) is 3.78. The second-order valence-electron chi connectivity index (χ2n) is 8.04. The third-order valence-electron chi connectivity index (χ3n) is 5.55. The Morgan fingerprint density at radius 2 is 1.65 bits per heavy atom. The molecule has 3 aromatic rings. The van der Waals surface area contributed by atoms with E-state index >= 15 is 0 Å². The molecule has 3 aromatic carbocycles. The van der Waals surface area contributed by atoms with Gasteiger partial charge in [-0.1, -0.05) is 23.7 Å². The van der Waals surface area contributed by atoms with Crippen LogP contribution in [-0.4, -0.2) is 31.4 Å². The molecule has 0 aromatic heterocycles. The maximum Gasteiger partial charge on any atom is 0.343 e. The third kappa shape index (κ3) is 5.87. The molecular formula is C28H22ClFN2O5. The van der Waals surface area contributed by atoms with Crippen molar-refractivity contribution in [3.8, 4) is 5.75 Å². The van der Waals surface area contributed by atoms with Crippen LogP contribution >= 0.6 is 11.6 Å². The van der Waals surface area contributed by atoms with Crippen LogP contribution in [0, 0.1) is 5.82 Å². The topological polar surface area (TPSA) is 84.9 Å². The lowest BCUT2D eigenvalue weighted by molar-refractivity contribution is -0.137. The van der Waals surface area contributed by atoms with Crippen molar-refractivity contribution < 1.29 is 28.2 Å². The minimum Gasteiger partial charge on any atom is -0.484 e. The number of hydrogen-bond acceptors (Lipinski definition) is 6. The minimum atomic E-state index is -0.715. The van der Waals surface area contributed by atoms with Crippen molar-refractivity contribution in [2.24, 2.45) is 0 Å². The summed E-state index contributed by atoms with van der Waals surface area (Å²) in [5, 5.41) is 3.15. The smallest absolute Gasteiger partial charge is 0.343 e. The van der Waals surface area contributed by atoms with Crippen molar-refractivity contribution in [3.05, 3.63) is 106 Å². The molecule has 1 N–H and O–H groups in total. The SMILES string of the molecule is COC(=O)C1=C(C)N(c2ccc(Cl)cc2)/C(=C\c2ccc(OCC(=O)Nc3ccc(F)cc3)cc2)C1=O. The van der Waals surface area contributed by atoms with Crippen LogP contribution < -0.4 is 15.0 Å². The highest BCUT2D eigenvalue weighted by atomic mass is 35.5. The van der Waals surface area contributed by atoms with E-state index in [1.165, 1.54) is 31.4 Å². The summed E-state index contributed by atoms with van der Waals surface area (Å²) in [5.74, 6) is -1.53. The fourth-order valence-corrected chi connectivity index (χ4v) is 3.91. The molecule has 0 aliphatic carbocycles. The summed E-state index contributed by atoms with van der Waals surface area (Å²) < 4.78 is 23.3. The van der Waals surface area contributed by atoms with E-state index in [4.69, 9.17) is 21.1 Å².